The molecule has 31 heavy (non-hydrogen) atoms. The number of nitrogens with one attached hydrogen (secondary N) is 1. The number of aliphatic hydroxyl groups is 1. The Hall–Kier alpha value is -2.22. The van der Waals surface area contributed by atoms with Crippen LogP contribution in [0.3, 0.4) is 0 Å². The number of ether oxygens (including phenoxy) is 2. The van der Waals surface area contributed by atoms with E-state index in [0.29, 0.717) is 31.1 Å². The highest BCUT2D eigenvalue weighted by Crippen LogP contribution is 2.28. The second kappa shape index (κ2) is 12.6. The summed E-state index contributed by atoms with van der Waals surface area (Å²) in [4.78, 5) is 11.0. The fraction of sp³-hybridized carbons (Fsp3) is 0.583. The number of likely N-dealkylation sites (tertiary alicyclic amines) is 1. The lowest BCUT2D eigenvalue weighted by Crippen LogP contribution is -2.37. The van der Waals surface area contributed by atoms with Crippen LogP contribution in [0.4, 0.5) is 0 Å². The molecule has 1 aromatic heterocycles. The third-order valence-corrected chi connectivity index (χ3v) is 5.55. The van der Waals surface area contributed by atoms with Crippen LogP contribution in [-0.2, 0) is 13.1 Å². The lowest BCUT2D eigenvalue weighted by Gasteiger charge is -2.26. The molecular weight excluding hydrogens is 392 g/mol. The predicted octanol–water partition coefficient (Wildman–Crippen LogP) is 3.09. The van der Waals surface area contributed by atoms with Crippen LogP contribution in [-0.4, -0.2) is 59.4 Å². The largest absolute Gasteiger partial charge is 0.493 e. The topological polar surface area (TPSA) is 79.7 Å². The molecule has 1 atom stereocenters. The van der Waals surface area contributed by atoms with Gasteiger partial charge in [0.15, 0.2) is 11.5 Å². The summed E-state index contributed by atoms with van der Waals surface area (Å²) < 4.78 is 11.4. The molecule has 1 aromatic carbocycles. The van der Waals surface area contributed by atoms with Crippen LogP contribution in [0.1, 0.15) is 49.1 Å². The molecule has 1 aliphatic rings. The maximum atomic E-state index is 10.5. The highest BCUT2D eigenvalue weighted by atomic mass is 16.5. The van der Waals surface area contributed by atoms with Crippen LogP contribution in [0.2, 0.25) is 0 Å². The second-order valence-corrected chi connectivity index (χ2v) is 8.27. The average Bonchev–Trinajstić information content (AvgIpc) is 2.76. The molecule has 0 bridgehead atoms. The minimum Gasteiger partial charge on any atom is -0.493 e. The summed E-state index contributed by atoms with van der Waals surface area (Å²) >= 11 is 0. The van der Waals surface area contributed by atoms with Gasteiger partial charge in [-0.05, 0) is 50.6 Å². The van der Waals surface area contributed by atoms with E-state index in [9.17, 15) is 5.11 Å². The summed E-state index contributed by atoms with van der Waals surface area (Å²) in [5.74, 6) is 1.33. The number of β-amino-alcohol motifs (C(OH)–C–C–N with tert-alkyl or cyclic N) is 1. The summed E-state index contributed by atoms with van der Waals surface area (Å²) in [6.07, 6.45) is 9.40. The molecule has 3 rings (SSSR count). The number of rotatable bonds is 10. The number of hydrogen-bond acceptors (Lipinski definition) is 7. The summed E-state index contributed by atoms with van der Waals surface area (Å²) in [6.45, 7) is 6.31. The molecule has 7 nitrogen and oxygen atoms in total. The quantitative estimate of drug-likeness (QED) is 0.602. The molecule has 170 valence electrons. The van der Waals surface area contributed by atoms with Gasteiger partial charge in [0.1, 0.15) is 12.7 Å². The Labute approximate surface area is 185 Å². The summed E-state index contributed by atoms with van der Waals surface area (Å²) in [5, 5.41) is 13.8. The normalized spacial score (nSPS) is 16.4. The highest BCUT2D eigenvalue weighted by Gasteiger charge is 2.15. The number of benzene rings is 1. The van der Waals surface area contributed by atoms with E-state index >= 15 is 0 Å². The van der Waals surface area contributed by atoms with Crippen LogP contribution in [0.25, 0.3) is 0 Å². The first-order valence-electron chi connectivity index (χ1n) is 11.3. The monoisotopic (exact) mass is 428 g/mol. The zero-order valence-electron chi connectivity index (χ0n) is 18.8. The van der Waals surface area contributed by atoms with Crippen LogP contribution in [0.5, 0.6) is 11.5 Å². The Kier molecular flexibility index (Phi) is 9.52. The second-order valence-electron chi connectivity index (χ2n) is 8.27. The van der Waals surface area contributed by atoms with Crippen molar-refractivity contribution < 1.29 is 14.6 Å². The van der Waals surface area contributed by atoms with Crippen molar-refractivity contribution in [3.05, 3.63) is 47.5 Å². The van der Waals surface area contributed by atoms with Gasteiger partial charge in [-0.15, -0.1) is 0 Å². The average molecular weight is 429 g/mol. The first-order valence-corrected chi connectivity index (χ1v) is 11.3. The fourth-order valence-corrected chi connectivity index (χ4v) is 3.82. The van der Waals surface area contributed by atoms with Gasteiger partial charge in [0.2, 0.25) is 0 Å². The van der Waals surface area contributed by atoms with Crippen LogP contribution < -0.4 is 14.8 Å². The molecule has 0 radical (unpaired) electrons. The van der Waals surface area contributed by atoms with E-state index in [1.807, 2.05) is 25.1 Å². The van der Waals surface area contributed by atoms with Crippen LogP contribution in [0.15, 0.2) is 30.6 Å². The van der Waals surface area contributed by atoms with Gasteiger partial charge in [0.05, 0.1) is 18.5 Å². The van der Waals surface area contributed by atoms with Gasteiger partial charge in [-0.2, -0.15) is 0 Å². The molecule has 2 aromatic rings. The Morgan fingerprint density at radius 1 is 1.03 bits per heavy atom. The Bertz CT molecular complexity index is 777. The summed E-state index contributed by atoms with van der Waals surface area (Å²) in [7, 11) is 1.64. The summed E-state index contributed by atoms with van der Waals surface area (Å²) in [5.41, 5.74) is 2.91. The van der Waals surface area contributed by atoms with Crippen molar-refractivity contribution in [1.29, 1.82) is 0 Å². The third-order valence-electron chi connectivity index (χ3n) is 5.55. The van der Waals surface area contributed by atoms with Crippen molar-refractivity contribution >= 4 is 0 Å². The molecule has 2 N–H and O–H groups in total. The maximum absolute atomic E-state index is 10.5. The third kappa shape index (κ3) is 8.09. The SMILES string of the molecule is COc1cc(CNCc2cnc(C)cn2)ccc1OC[C@H](O)CN1CCCCCCC1. The van der Waals surface area contributed by atoms with Crippen LogP contribution >= 0.6 is 0 Å². The van der Waals surface area contributed by atoms with Gasteiger partial charge >= 0.3 is 0 Å². The Balaban J connectivity index is 1.45. The molecule has 0 aliphatic carbocycles. The zero-order chi connectivity index (χ0) is 21.9. The van der Waals surface area contributed by atoms with Gasteiger partial charge in [-0.1, -0.05) is 25.3 Å². The molecule has 0 amide bonds. The maximum Gasteiger partial charge on any atom is 0.161 e. The van der Waals surface area contributed by atoms with E-state index in [-0.39, 0.29) is 6.61 Å². The predicted molar refractivity (Wildman–Crippen MR) is 121 cm³/mol. The smallest absolute Gasteiger partial charge is 0.161 e. The summed E-state index contributed by atoms with van der Waals surface area (Å²) in [6, 6.07) is 5.88. The van der Waals surface area contributed by atoms with E-state index in [0.717, 1.165) is 30.0 Å². The molecule has 0 spiro atoms. The van der Waals surface area contributed by atoms with Gasteiger partial charge in [-0.25, -0.2) is 0 Å². The number of aliphatic hydroxyl groups excluding tert-OH is 1. The lowest BCUT2D eigenvalue weighted by molar-refractivity contribution is 0.0645. The van der Waals surface area contributed by atoms with Gasteiger partial charge in [0, 0.05) is 32.0 Å². The highest BCUT2D eigenvalue weighted by molar-refractivity contribution is 5.43. The number of methoxy groups -OCH3 is 1. The lowest BCUT2D eigenvalue weighted by atomic mass is 10.1. The molecule has 7 heteroatoms. The van der Waals surface area contributed by atoms with E-state index < -0.39 is 6.10 Å². The molecule has 1 fully saturated rings. The minimum absolute atomic E-state index is 0.260. The first-order chi connectivity index (χ1) is 15.1. The molecular formula is C24H36N4O3. The van der Waals surface area contributed by atoms with Crippen molar-refractivity contribution in [3.63, 3.8) is 0 Å². The van der Waals surface area contributed by atoms with Gasteiger partial charge < -0.3 is 24.8 Å². The van der Waals surface area contributed by atoms with E-state index in [4.69, 9.17) is 9.47 Å². The molecule has 1 saturated heterocycles. The fourth-order valence-electron chi connectivity index (χ4n) is 3.82. The van der Waals surface area contributed by atoms with Crippen molar-refractivity contribution in [2.75, 3.05) is 33.4 Å². The van der Waals surface area contributed by atoms with E-state index in [1.165, 1.54) is 32.1 Å². The van der Waals surface area contributed by atoms with Crippen molar-refractivity contribution in [2.45, 2.75) is 58.2 Å². The van der Waals surface area contributed by atoms with Gasteiger partial charge in [0.25, 0.3) is 0 Å². The number of aryl methyl sites for hydroxylation is 1. The van der Waals surface area contributed by atoms with Crippen molar-refractivity contribution in [2.24, 2.45) is 0 Å². The number of hydrogen-bond donors (Lipinski definition) is 2. The van der Waals surface area contributed by atoms with E-state index in [1.54, 1.807) is 19.5 Å². The Morgan fingerprint density at radius 2 is 1.81 bits per heavy atom. The zero-order valence-corrected chi connectivity index (χ0v) is 18.8. The van der Waals surface area contributed by atoms with Crippen molar-refractivity contribution in [3.8, 4) is 11.5 Å². The van der Waals surface area contributed by atoms with Gasteiger partial charge in [-0.3, -0.25) is 9.97 Å². The number of nitrogens with zero attached hydrogens (tertiary/aromatic N) is 3. The molecule has 1 aliphatic heterocycles. The number of aromatic nitrogens is 2. The standard InChI is InChI=1S/C24H36N4O3/c1-19-13-27-21(16-26-19)15-25-14-20-8-9-23(24(12-20)30-2)31-18-22(29)17-28-10-6-4-3-5-7-11-28/h8-9,12-13,16,22,25,29H,3-7,10-11,14-15,17-18H2,1-2H3/t22-/m1/s1. The molecule has 0 saturated carbocycles. The van der Waals surface area contributed by atoms with E-state index in [2.05, 4.69) is 20.2 Å². The first kappa shape index (κ1) is 23.4. The minimum atomic E-state index is -0.513. The van der Waals surface area contributed by atoms with Crippen molar-refractivity contribution in [1.82, 2.24) is 20.2 Å². The Morgan fingerprint density at radius 3 is 2.52 bits per heavy atom. The van der Waals surface area contributed by atoms with Crippen LogP contribution in [0, 0.1) is 6.92 Å². The molecule has 2 heterocycles. The molecule has 0 unspecified atom stereocenters.